The highest BCUT2D eigenvalue weighted by atomic mass is 15.1. The van der Waals surface area contributed by atoms with Crippen molar-refractivity contribution in [1.29, 1.82) is 0 Å². The van der Waals surface area contributed by atoms with E-state index in [2.05, 4.69) is 64.8 Å². The molecule has 0 spiro atoms. The van der Waals surface area contributed by atoms with Crippen molar-refractivity contribution in [2.45, 2.75) is 6.54 Å². The van der Waals surface area contributed by atoms with Gasteiger partial charge in [-0.1, -0.05) is 60.7 Å². The Hall–Kier alpha value is -3.00. The molecule has 0 saturated carbocycles. The Labute approximate surface area is 135 Å². The molecule has 0 aliphatic rings. The van der Waals surface area contributed by atoms with Gasteiger partial charge in [-0.25, -0.2) is 0 Å². The molecule has 0 aliphatic heterocycles. The summed E-state index contributed by atoms with van der Waals surface area (Å²) in [5, 5.41) is 13.7. The van der Waals surface area contributed by atoms with Crippen LogP contribution >= 0.6 is 0 Å². The van der Waals surface area contributed by atoms with Gasteiger partial charge in [0.15, 0.2) is 0 Å². The van der Waals surface area contributed by atoms with Crippen LogP contribution in [0.15, 0.2) is 95.2 Å². The van der Waals surface area contributed by atoms with E-state index < -0.39 is 0 Å². The number of rotatable bonds is 3. The molecule has 0 N–H and O–H groups in total. The number of nitrogens with zero attached hydrogens (tertiary/aromatic N) is 2. The summed E-state index contributed by atoms with van der Waals surface area (Å²) in [5.74, 6) is 0. The van der Waals surface area contributed by atoms with Crippen LogP contribution in [-0.2, 0) is 6.54 Å². The Morgan fingerprint density at radius 2 is 1.30 bits per heavy atom. The van der Waals surface area contributed by atoms with E-state index in [1.54, 1.807) is 0 Å². The minimum absolute atomic E-state index is 0.588. The second-order valence-corrected chi connectivity index (χ2v) is 5.57. The van der Waals surface area contributed by atoms with Crippen molar-refractivity contribution in [1.82, 2.24) is 0 Å². The molecule has 23 heavy (non-hydrogen) atoms. The highest BCUT2D eigenvalue weighted by molar-refractivity contribution is 5.99. The summed E-state index contributed by atoms with van der Waals surface area (Å²) in [4.78, 5) is 0. The molecule has 0 amide bonds. The molecule has 0 heterocycles. The van der Waals surface area contributed by atoms with Gasteiger partial charge >= 0.3 is 0 Å². The van der Waals surface area contributed by atoms with Gasteiger partial charge in [0.25, 0.3) is 0 Å². The summed E-state index contributed by atoms with van der Waals surface area (Å²) in [7, 11) is 0. The summed E-state index contributed by atoms with van der Waals surface area (Å²) in [6.45, 7) is 0.588. The van der Waals surface area contributed by atoms with Gasteiger partial charge in [-0.3, -0.25) is 0 Å². The van der Waals surface area contributed by atoms with Crippen molar-refractivity contribution in [3.63, 3.8) is 0 Å². The van der Waals surface area contributed by atoms with Gasteiger partial charge in [-0.15, -0.1) is 0 Å². The molecule has 0 unspecified atom stereocenters. The minimum Gasteiger partial charge on any atom is -0.184 e. The maximum absolute atomic E-state index is 4.37. The molecular formula is C21H16N2. The summed E-state index contributed by atoms with van der Waals surface area (Å²) in [5.41, 5.74) is 2.09. The molecule has 0 radical (unpaired) electrons. The number of hydrogen-bond acceptors (Lipinski definition) is 2. The fraction of sp³-hybridized carbons (Fsp3) is 0.0476. The molecule has 2 nitrogen and oxygen atoms in total. The smallest absolute Gasteiger partial charge is 0.0859 e. The minimum atomic E-state index is 0.588. The van der Waals surface area contributed by atoms with Crippen LogP contribution < -0.4 is 0 Å². The van der Waals surface area contributed by atoms with Gasteiger partial charge in [-0.2, -0.15) is 10.2 Å². The highest BCUT2D eigenvalue weighted by Crippen LogP contribution is 2.26. The highest BCUT2D eigenvalue weighted by Gasteiger charge is 2.02. The lowest BCUT2D eigenvalue weighted by Crippen LogP contribution is -1.85. The van der Waals surface area contributed by atoms with Gasteiger partial charge in [0.2, 0.25) is 0 Å². The van der Waals surface area contributed by atoms with Crippen molar-refractivity contribution in [3.8, 4) is 0 Å². The zero-order chi connectivity index (χ0) is 15.5. The zero-order valence-corrected chi connectivity index (χ0v) is 12.7. The monoisotopic (exact) mass is 296 g/mol. The number of hydrogen-bond donors (Lipinski definition) is 0. The Bertz CT molecular complexity index is 988. The maximum atomic E-state index is 4.37. The Balaban J connectivity index is 1.72. The molecule has 4 aromatic rings. The fourth-order valence-corrected chi connectivity index (χ4v) is 2.86. The van der Waals surface area contributed by atoms with Gasteiger partial charge < -0.3 is 0 Å². The average Bonchev–Trinajstić information content (AvgIpc) is 2.61. The van der Waals surface area contributed by atoms with Crippen LogP contribution in [0, 0.1) is 0 Å². The van der Waals surface area contributed by atoms with Gasteiger partial charge in [-0.05, 0) is 51.4 Å². The van der Waals surface area contributed by atoms with E-state index in [0.29, 0.717) is 6.54 Å². The van der Waals surface area contributed by atoms with E-state index in [9.17, 15) is 0 Å². The van der Waals surface area contributed by atoms with Gasteiger partial charge in [0, 0.05) is 0 Å². The molecular weight excluding hydrogens is 280 g/mol. The lowest BCUT2D eigenvalue weighted by atomic mass is 10.00. The molecule has 0 atom stereocenters. The van der Waals surface area contributed by atoms with E-state index in [0.717, 1.165) is 5.69 Å². The van der Waals surface area contributed by atoms with Crippen molar-refractivity contribution in [2.24, 2.45) is 10.2 Å². The van der Waals surface area contributed by atoms with E-state index >= 15 is 0 Å². The summed E-state index contributed by atoms with van der Waals surface area (Å²) in [6, 6.07) is 29.1. The van der Waals surface area contributed by atoms with Crippen LogP contribution in [0.25, 0.3) is 21.5 Å². The third-order valence-corrected chi connectivity index (χ3v) is 4.02. The van der Waals surface area contributed by atoms with Crippen molar-refractivity contribution in [2.75, 3.05) is 0 Å². The number of benzene rings is 4. The lowest BCUT2D eigenvalue weighted by Gasteiger charge is -2.06. The molecule has 110 valence electrons. The van der Waals surface area contributed by atoms with Gasteiger partial charge in [0.05, 0.1) is 12.2 Å². The van der Waals surface area contributed by atoms with E-state index in [1.165, 1.54) is 27.1 Å². The average molecular weight is 296 g/mol. The molecule has 0 fully saturated rings. The van der Waals surface area contributed by atoms with Gasteiger partial charge in [0.1, 0.15) is 0 Å². The molecule has 4 aromatic carbocycles. The zero-order valence-electron chi connectivity index (χ0n) is 12.7. The third kappa shape index (κ3) is 2.84. The Kier molecular flexibility index (Phi) is 3.57. The molecule has 0 aliphatic carbocycles. The van der Waals surface area contributed by atoms with Crippen LogP contribution in [0.4, 0.5) is 5.69 Å². The van der Waals surface area contributed by atoms with Crippen LogP contribution in [0.2, 0.25) is 0 Å². The van der Waals surface area contributed by atoms with E-state index in [4.69, 9.17) is 0 Å². The first-order chi connectivity index (χ1) is 11.4. The standard InChI is InChI=1S/C21H16N2/c1-2-11-20(12-3-1)23-22-15-19-10-6-9-18-13-16-7-4-5-8-17(16)14-21(18)19/h1-14H,15H2. The molecule has 2 heteroatoms. The van der Waals surface area contributed by atoms with E-state index in [-0.39, 0.29) is 0 Å². The predicted molar refractivity (Wildman–Crippen MR) is 96.1 cm³/mol. The van der Waals surface area contributed by atoms with Crippen molar-refractivity contribution < 1.29 is 0 Å². The molecule has 0 saturated heterocycles. The molecule has 4 rings (SSSR count). The quantitative estimate of drug-likeness (QED) is 0.314. The fourth-order valence-electron chi connectivity index (χ4n) is 2.86. The third-order valence-electron chi connectivity index (χ3n) is 4.02. The Morgan fingerprint density at radius 3 is 2.13 bits per heavy atom. The lowest BCUT2D eigenvalue weighted by molar-refractivity contribution is 0.968. The maximum Gasteiger partial charge on any atom is 0.0859 e. The van der Waals surface area contributed by atoms with Crippen LogP contribution in [-0.4, -0.2) is 0 Å². The largest absolute Gasteiger partial charge is 0.184 e. The first-order valence-corrected chi connectivity index (χ1v) is 7.73. The predicted octanol–water partition coefficient (Wildman–Crippen LogP) is 6.28. The topological polar surface area (TPSA) is 24.7 Å². The number of fused-ring (bicyclic) bond motifs is 2. The first kappa shape index (κ1) is 13.6. The summed E-state index contributed by atoms with van der Waals surface area (Å²) < 4.78 is 0. The SMILES string of the molecule is c1ccc(N=NCc2cccc3cc4ccccc4cc23)cc1. The van der Waals surface area contributed by atoms with Crippen molar-refractivity contribution >= 4 is 27.2 Å². The molecule has 0 bridgehead atoms. The summed E-state index contributed by atoms with van der Waals surface area (Å²) >= 11 is 0. The van der Waals surface area contributed by atoms with E-state index in [1.807, 2.05) is 30.3 Å². The summed E-state index contributed by atoms with van der Waals surface area (Å²) in [6.07, 6.45) is 0. The second kappa shape index (κ2) is 6.01. The van der Waals surface area contributed by atoms with Crippen LogP contribution in [0.3, 0.4) is 0 Å². The Morgan fingerprint density at radius 1 is 0.609 bits per heavy atom. The number of azo groups is 1. The van der Waals surface area contributed by atoms with Crippen LogP contribution in [0.5, 0.6) is 0 Å². The van der Waals surface area contributed by atoms with Crippen LogP contribution in [0.1, 0.15) is 5.56 Å². The first-order valence-electron chi connectivity index (χ1n) is 7.73. The molecule has 0 aromatic heterocycles. The second-order valence-electron chi connectivity index (χ2n) is 5.57. The normalized spacial score (nSPS) is 11.5. The van der Waals surface area contributed by atoms with Crippen molar-refractivity contribution in [3.05, 3.63) is 90.5 Å².